The Morgan fingerprint density at radius 1 is 1.42 bits per heavy atom. The summed E-state index contributed by atoms with van der Waals surface area (Å²) < 4.78 is 42.5. The van der Waals surface area contributed by atoms with Crippen molar-refractivity contribution in [2.75, 3.05) is 25.6 Å². The highest BCUT2D eigenvalue weighted by molar-refractivity contribution is 6.31. The van der Waals surface area contributed by atoms with Gasteiger partial charge >= 0.3 is 12.2 Å². The molecule has 0 heterocycles. The Morgan fingerprint density at radius 3 is 2.68 bits per heavy atom. The maximum absolute atomic E-state index is 12.6. The number of amides is 2. The number of anilines is 1. The van der Waals surface area contributed by atoms with E-state index in [4.69, 9.17) is 16.3 Å². The first-order valence-electron chi connectivity index (χ1n) is 5.25. The number of carbonyl (C=O) groups is 1. The van der Waals surface area contributed by atoms with Gasteiger partial charge in [0.25, 0.3) is 0 Å². The molecule has 1 aromatic carbocycles. The van der Waals surface area contributed by atoms with Gasteiger partial charge in [0.1, 0.15) is 0 Å². The number of urea groups is 1. The number of alkyl halides is 3. The number of nitrogens with one attached hydrogen (secondary N) is 2. The van der Waals surface area contributed by atoms with Crippen molar-refractivity contribution >= 4 is 23.3 Å². The Kier molecular flexibility index (Phi) is 5.44. The summed E-state index contributed by atoms with van der Waals surface area (Å²) in [7, 11) is 1.47. The van der Waals surface area contributed by atoms with Gasteiger partial charge in [-0.05, 0) is 18.2 Å². The summed E-state index contributed by atoms with van der Waals surface area (Å²) in [6.45, 7) is 0.559. The molecule has 0 aliphatic rings. The van der Waals surface area contributed by atoms with E-state index in [0.29, 0.717) is 6.61 Å². The van der Waals surface area contributed by atoms with Crippen LogP contribution in [0.25, 0.3) is 0 Å². The van der Waals surface area contributed by atoms with E-state index in [1.807, 2.05) is 0 Å². The minimum absolute atomic E-state index is 0.00615. The van der Waals surface area contributed by atoms with Crippen molar-refractivity contribution in [1.82, 2.24) is 5.32 Å². The Morgan fingerprint density at radius 2 is 2.11 bits per heavy atom. The summed E-state index contributed by atoms with van der Waals surface area (Å²) in [5.41, 5.74) is -0.990. The van der Waals surface area contributed by atoms with Gasteiger partial charge in [-0.3, -0.25) is 0 Å². The van der Waals surface area contributed by atoms with E-state index in [0.717, 1.165) is 12.1 Å². The Hall–Kier alpha value is -1.47. The summed E-state index contributed by atoms with van der Waals surface area (Å²) >= 11 is 5.45. The molecule has 1 aromatic rings. The second-order valence-corrected chi connectivity index (χ2v) is 3.97. The van der Waals surface area contributed by atoms with Crippen LogP contribution in [0.5, 0.6) is 0 Å². The van der Waals surface area contributed by atoms with Crippen LogP contribution in [0.15, 0.2) is 18.2 Å². The highest BCUT2D eigenvalue weighted by Crippen LogP contribution is 2.36. The zero-order valence-corrected chi connectivity index (χ0v) is 10.7. The molecule has 0 aliphatic heterocycles. The molecule has 0 atom stereocenters. The summed E-state index contributed by atoms with van der Waals surface area (Å²) in [4.78, 5) is 11.3. The first-order chi connectivity index (χ1) is 8.84. The largest absolute Gasteiger partial charge is 0.417 e. The maximum atomic E-state index is 12.6. The van der Waals surface area contributed by atoms with E-state index >= 15 is 0 Å². The molecule has 0 saturated carbocycles. The van der Waals surface area contributed by atoms with E-state index in [1.165, 1.54) is 13.2 Å². The van der Waals surface area contributed by atoms with Crippen LogP contribution in [-0.2, 0) is 10.9 Å². The number of ether oxygens (including phenoxy) is 1. The van der Waals surface area contributed by atoms with Crippen molar-refractivity contribution in [3.63, 3.8) is 0 Å². The smallest absolute Gasteiger partial charge is 0.383 e. The first kappa shape index (κ1) is 15.6. The monoisotopic (exact) mass is 296 g/mol. The van der Waals surface area contributed by atoms with E-state index in [9.17, 15) is 18.0 Å². The maximum Gasteiger partial charge on any atom is 0.417 e. The van der Waals surface area contributed by atoms with Crippen LogP contribution in [0.4, 0.5) is 23.7 Å². The number of hydrogen-bond acceptors (Lipinski definition) is 2. The predicted octanol–water partition coefficient (Wildman–Crippen LogP) is 3.13. The van der Waals surface area contributed by atoms with E-state index < -0.39 is 22.8 Å². The number of rotatable bonds is 4. The third kappa shape index (κ3) is 4.96. The lowest BCUT2D eigenvalue weighted by Crippen LogP contribution is -2.31. The molecule has 0 radical (unpaired) electrons. The number of benzene rings is 1. The molecular weight excluding hydrogens is 285 g/mol. The normalized spacial score (nSPS) is 11.2. The van der Waals surface area contributed by atoms with Crippen LogP contribution in [0, 0.1) is 0 Å². The third-order valence-corrected chi connectivity index (χ3v) is 2.45. The van der Waals surface area contributed by atoms with Crippen LogP contribution >= 0.6 is 11.6 Å². The summed E-state index contributed by atoms with van der Waals surface area (Å²) in [5.74, 6) is 0. The average Bonchev–Trinajstić information content (AvgIpc) is 2.30. The van der Waals surface area contributed by atoms with Gasteiger partial charge in [0.2, 0.25) is 0 Å². The molecule has 0 bridgehead atoms. The second kappa shape index (κ2) is 6.63. The highest BCUT2D eigenvalue weighted by atomic mass is 35.5. The fourth-order valence-electron chi connectivity index (χ4n) is 1.26. The molecule has 8 heteroatoms. The topological polar surface area (TPSA) is 50.4 Å². The van der Waals surface area contributed by atoms with Gasteiger partial charge < -0.3 is 15.4 Å². The number of halogens is 4. The molecule has 0 unspecified atom stereocenters. The van der Waals surface area contributed by atoms with E-state index in [2.05, 4.69) is 10.6 Å². The van der Waals surface area contributed by atoms with Crippen molar-refractivity contribution in [2.24, 2.45) is 0 Å². The molecule has 1 rings (SSSR count). The van der Waals surface area contributed by atoms with Crippen molar-refractivity contribution < 1.29 is 22.7 Å². The van der Waals surface area contributed by atoms with E-state index in [-0.39, 0.29) is 12.2 Å². The van der Waals surface area contributed by atoms with Crippen molar-refractivity contribution in [3.05, 3.63) is 28.8 Å². The van der Waals surface area contributed by atoms with Gasteiger partial charge in [-0.25, -0.2) is 4.79 Å². The predicted molar refractivity (Wildman–Crippen MR) is 65.4 cm³/mol. The fraction of sp³-hybridized carbons (Fsp3) is 0.364. The van der Waals surface area contributed by atoms with Crippen LogP contribution < -0.4 is 10.6 Å². The van der Waals surface area contributed by atoms with Gasteiger partial charge in [0, 0.05) is 19.3 Å². The van der Waals surface area contributed by atoms with Gasteiger partial charge in [0.15, 0.2) is 0 Å². The molecular formula is C11H12ClF3N2O2. The molecule has 0 aromatic heterocycles. The summed E-state index contributed by atoms with van der Waals surface area (Å²) in [5, 5.41) is 4.27. The zero-order valence-electron chi connectivity index (χ0n) is 9.97. The molecule has 106 valence electrons. The quantitative estimate of drug-likeness (QED) is 0.839. The van der Waals surface area contributed by atoms with Gasteiger partial charge in [-0.15, -0.1) is 0 Å². The molecule has 0 spiro atoms. The highest BCUT2D eigenvalue weighted by Gasteiger charge is 2.33. The van der Waals surface area contributed by atoms with E-state index in [1.54, 1.807) is 0 Å². The molecule has 4 nitrogen and oxygen atoms in total. The molecule has 0 fully saturated rings. The van der Waals surface area contributed by atoms with Crippen molar-refractivity contribution in [2.45, 2.75) is 6.18 Å². The minimum atomic E-state index is -4.57. The fourth-order valence-corrected chi connectivity index (χ4v) is 1.49. The average molecular weight is 297 g/mol. The Balaban J connectivity index is 2.72. The SMILES string of the molecule is COCCNC(=O)Nc1ccc(Cl)c(C(F)(F)F)c1. The lowest BCUT2D eigenvalue weighted by molar-refractivity contribution is -0.137. The van der Waals surface area contributed by atoms with Gasteiger partial charge in [0.05, 0.1) is 17.2 Å². The van der Waals surface area contributed by atoms with Crippen LogP contribution in [0.1, 0.15) is 5.56 Å². The number of carbonyl (C=O) groups excluding carboxylic acids is 1. The molecule has 2 amide bonds. The van der Waals surface area contributed by atoms with Crippen LogP contribution in [-0.4, -0.2) is 26.3 Å². The molecule has 0 saturated heterocycles. The van der Waals surface area contributed by atoms with Crippen LogP contribution in [0.3, 0.4) is 0 Å². The lowest BCUT2D eigenvalue weighted by Gasteiger charge is -2.12. The lowest BCUT2D eigenvalue weighted by atomic mass is 10.2. The van der Waals surface area contributed by atoms with Crippen molar-refractivity contribution in [3.8, 4) is 0 Å². The standard InChI is InChI=1S/C11H12ClF3N2O2/c1-19-5-4-16-10(18)17-7-2-3-9(12)8(6-7)11(13,14)15/h2-3,6H,4-5H2,1H3,(H2,16,17,18). The van der Waals surface area contributed by atoms with Gasteiger partial charge in [-0.2, -0.15) is 13.2 Å². The van der Waals surface area contributed by atoms with Crippen LogP contribution in [0.2, 0.25) is 5.02 Å². The number of hydrogen-bond donors (Lipinski definition) is 2. The molecule has 2 N–H and O–H groups in total. The summed E-state index contributed by atoms with van der Waals surface area (Å²) in [6.07, 6.45) is -4.57. The Labute approximate surface area is 112 Å². The Bertz CT molecular complexity index is 452. The van der Waals surface area contributed by atoms with Crippen molar-refractivity contribution in [1.29, 1.82) is 0 Å². The van der Waals surface area contributed by atoms with Gasteiger partial charge in [-0.1, -0.05) is 11.6 Å². The third-order valence-electron chi connectivity index (χ3n) is 2.12. The minimum Gasteiger partial charge on any atom is -0.383 e. The second-order valence-electron chi connectivity index (χ2n) is 3.57. The summed E-state index contributed by atoms with van der Waals surface area (Å²) in [6, 6.07) is 2.52. The number of methoxy groups -OCH3 is 1. The zero-order chi connectivity index (χ0) is 14.5. The molecule has 19 heavy (non-hydrogen) atoms. The first-order valence-corrected chi connectivity index (χ1v) is 5.63. The molecule has 0 aliphatic carbocycles.